The standard InChI is InChI=1S/C42H52BFN4O4S/c1-7-42(6)41(4,5)51-43(52-42)34-21-15-31(16-22-34)29-53-40-45-39(50)36-11-10-12-37(36)48(40)28-38(49)47(26-25-46(8-2)9-3)27-30-13-17-32(18-14-30)33-19-23-35(44)24-20-33/h13-24H,7-12,25-29H2,1-6H3. The van der Waals surface area contributed by atoms with E-state index in [0.717, 1.165) is 77.9 Å². The van der Waals surface area contributed by atoms with Crippen molar-refractivity contribution in [2.75, 3.05) is 26.2 Å². The Morgan fingerprint density at radius 2 is 1.53 bits per heavy atom. The second-order valence-electron chi connectivity index (χ2n) is 14.8. The highest BCUT2D eigenvalue weighted by molar-refractivity contribution is 7.98. The summed E-state index contributed by atoms with van der Waals surface area (Å²) in [4.78, 5) is 36.3. The van der Waals surface area contributed by atoms with Gasteiger partial charge in [-0.2, -0.15) is 4.98 Å². The number of likely N-dealkylation sites (N-methyl/N-ethyl adjacent to an activating group) is 1. The van der Waals surface area contributed by atoms with Crippen LogP contribution in [0.25, 0.3) is 11.1 Å². The summed E-state index contributed by atoms with van der Waals surface area (Å²) >= 11 is 1.49. The number of fused-ring (bicyclic) bond motifs is 1. The van der Waals surface area contributed by atoms with Crippen LogP contribution in [0.2, 0.25) is 0 Å². The van der Waals surface area contributed by atoms with Crippen molar-refractivity contribution in [2.24, 2.45) is 0 Å². The molecule has 1 atom stereocenters. The van der Waals surface area contributed by atoms with Gasteiger partial charge in [-0.25, -0.2) is 4.39 Å². The summed E-state index contributed by atoms with van der Waals surface area (Å²) in [5.74, 6) is 0.321. The molecule has 280 valence electrons. The van der Waals surface area contributed by atoms with E-state index < -0.39 is 12.7 Å². The topological polar surface area (TPSA) is 76.9 Å². The zero-order chi connectivity index (χ0) is 37.8. The molecule has 1 amide bonds. The zero-order valence-electron chi connectivity index (χ0n) is 32.0. The van der Waals surface area contributed by atoms with Gasteiger partial charge in [-0.1, -0.05) is 93.2 Å². The molecule has 3 aromatic carbocycles. The number of amides is 1. The first-order valence-electron chi connectivity index (χ1n) is 19.0. The largest absolute Gasteiger partial charge is 0.494 e. The molecule has 4 aromatic rings. The lowest BCUT2D eigenvalue weighted by molar-refractivity contribution is -0.132. The molecule has 1 saturated heterocycles. The molecule has 0 radical (unpaired) electrons. The van der Waals surface area contributed by atoms with Gasteiger partial charge in [-0.05, 0) is 99.4 Å². The van der Waals surface area contributed by atoms with E-state index in [1.165, 1.54) is 23.9 Å². The predicted octanol–water partition coefficient (Wildman–Crippen LogP) is 6.89. The van der Waals surface area contributed by atoms with Gasteiger partial charge >= 0.3 is 7.12 Å². The molecule has 2 heterocycles. The summed E-state index contributed by atoms with van der Waals surface area (Å²) in [7, 11) is -0.427. The number of carbonyl (C=O) groups excluding carboxylic acids is 1. The lowest BCUT2D eigenvalue weighted by atomic mass is 9.79. The smallest absolute Gasteiger partial charge is 0.399 e. The Labute approximate surface area is 318 Å². The molecule has 1 aromatic heterocycles. The van der Waals surface area contributed by atoms with Crippen LogP contribution in [0.1, 0.15) is 76.8 Å². The number of hydrogen-bond acceptors (Lipinski definition) is 7. The molecule has 1 unspecified atom stereocenters. The molecule has 0 bridgehead atoms. The van der Waals surface area contributed by atoms with Crippen molar-refractivity contribution in [1.82, 2.24) is 19.4 Å². The maximum atomic E-state index is 14.3. The second kappa shape index (κ2) is 16.7. The van der Waals surface area contributed by atoms with Crippen molar-refractivity contribution >= 4 is 30.3 Å². The summed E-state index contributed by atoms with van der Waals surface area (Å²) in [5.41, 5.74) is 5.69. The number of benzene rings is 3. The lowest BCUT2D eigenvalue weighted by Crippen LogP contribution is -2.44. The first-order valence-corrected chi connectivity index (χ1v) is 20.0. The number of nitrogens with zero attached hydrogens (tertiary/aromatic N) is 4. The SMILES string of the molecule is CCN(CC)CCN(Cc1ccc(-c2ccc(F)cc2)cc1)C(=O)Cn1c(SCc2ccc(B3OC(C)(C)C(C)(CC)O3)cc2)nc(=O)c2c1CCC2. The van der Waals surface area contributed by atoms with Crippen molar-refractivity contribution in [3.05, 3.63) is 111 Å². The summed E-state index contributed by atoms with van der Waals surface area (Å²) in [6, 6.07) is 22.8. The van der Waals surface area contributed by atoms with E-state index >= 15 is 0 Å². The fourth-order valence-corrected chi connectivity index (χ4v) is 8.18. The third-order valence-electron chi connectivity index (χ3n) is 11.3. The van der Waals surface area contributed by atoms with Crippen LogP contribution in [0.5, 0.6) is 0 Å². The van der Waals surface area contributed by atoms with Crippen LogP contribution in [0.3, 0.4) is 0 Å². The molecule has 1 aliphatic carbocycles. The van der Waals surface area contributed by atoms with E-state index in [-0.39, 0.29) is 29.4 Å². The number of thioether (sulfide) groups is 1. The van der Waals surface area contributed by atoms with E-state index in [1.807, 2.05) is 45.9 Å². The Balaban J connectivity index is 1.20. The molecule has 53 heavy (non-hydrogen) atoms. The van der Waals surface area contributed by atoms with Crippen LogP contribution in [0, 0.1) is 5.82 Å². The van der Waals surface area contributed by atoms with Gasteiger partial charge in [-0.3, -0.25) is 9.59 Å². The summed E-state index contributed by atoms with van der Waals surface area (Å²) < 4.78 is 28.2. The van der Waals surface area contributed by atoms with Gasteiger partial charge in [0.15, 0.2) is 5.16 Å². The average molecular weight is 739 g/mol. The van der Waals surface area contributed by atoms with Gasteiger partial charge in [0, 0.05) is 36.6 Å². The molecule has 1 aliphatic heterocycles. The Morgan fingerprint density at radius 3 is 2.15 bits per heavy atom. The van der Waals surface area contributed by atoms with E-state index in [2.05, 4.69) is 63.6 Å². The minimum atomic E-state index is -0.427. The Kier molecular flexibility index (Phi) is 12.3. The monoisotopic (exact) mass is 738 g/mol. The molecule has 0 saturated carbocycles. The van der Waals surface area contributed by atoms with Gasteiger partial charge in [0.25, 0.3) is 5.56 Å². The third kappa shape index (κ3) is 8.80. The highest BCUT2D eigenvalue weighted by Crippen LogP contribution is 2.39. The first kappa shape index (κ1) is 38.9. The highest BCUT2D eigenvalue weighted by Gasteiger charge is 2.53. The molecule has 0 spiro atoms. The normalized spacial score (nSPS) is 17.8. The van der Waals surface area contributed by atoms with Gasteiger partial charge in [-0.15, -0.1) is 0 Å². The van der Waals surface area contributed by atoms with Crippen LogP contribution in [0.4, 0.5) is 4.39 Å². The highest BCUT2D eigenvalue weighted by atomic mass is 32.2. The molecule has 1 fully saturated rings. The van der Waals surface area contributed by atoms with E-state index in [0.29, 0.717) is 30.4 Å². The molecular formula is C42H52BFN4O4S. The molecule has 8 nitrogen and oxygen atoms in total. The van der Waals surface area contributed by atoms with E-state index in [1.54, 1.807) is 12.1 Å². The lowest BCUT2D eigenvalue weighted by Gasteiger charge is -2.35. The van der Waals surface area contributed by atoms with Crippen molar-refractivity contribution in [3.63, 3.8) is 0 Å². The maximum Gasteiger partial charge on any atom is 0.494 e. The zero-order valence-corrected chi connectivity index (χ0v) is 32.8. The van der Waals surface area contributed by atoms with E-state index in [4.69, 9.17) is 9.31 Å². The minimum absolute atomic E-state index is 0.0101. The fourth-order valence-electron chi connectivity index (χ4n) is 7.21. The average Bonchev–Trinajstić information content (AvgIpc) is 3.75. The first-order chi connectivity index (χ1) is 25.4. The van der Waals surface area contributed by atoms with Gasteiger partial charge in [0.2, 0.25) is 5.91 Å². The quantitative estimate of drug-likeness (QED) is 0.0748. The molecule has 11 heteroatoms. The van der Waals surface area contributed by atoms with Crippen molar-refractivity contribution in [1.29, 1.82) is 0 Å². The number of rotatable bonds is 15. The Hall–Kier alpha value is -3.77. The van der Waals surface area contributed by atoms with Crippen molar-refractivity contribution in [2.45, 2.75) is 102 Å². The van der Waals surface area contributed by atoms with Crippen molar-refractivity contribution < 1.29 is 18.5 Å². The number of halogens is 1. The second-order valence-corrected chi connectivity index (χ2v) is 15.7. The van der Waals surface area contributed by atoms with Crippen LogP contribution in [-0.2, 0) is 45.8 Å². The Bertz CT molecular complexity index is 1930. The summed E-state index contributed by atoms with van der Waals surface area (Å²) in [6.45, 7) is 16.4. The van der Waals surface area contributed by atoms with Crippen LogP contribution in [-0.4, -0.2) is 69.8 Å². The third-order valence-corrected chi connectivity index (χ3v) is 12.3. The number of aromatic nitrogens is 2. The van der Waals surface area contributed by atoms with Gasteiger partial charge < -0.3 is 23.7 Å². The minimum Gasteiger partial charge on any atom is -0.399 e. The van der Waals surface area contributed by atoms with Gasteiger partial charge in [0.1, 0.15) is 12.4 Å². The summed E-state index contributed by atoms with van der Waals surface area (Å²) in [6.07, 6.45) is 3.17. The van der Waals surface area contributed by atoms with Gasteiger partial charge in [0.05, 0.1) is 11.2 Å². The van der Waals surface area contributed by atoms with Crippen LogP contribution in [0.15, 0.2) is 82.7 Å². The molecule has 2 aliphatic rings. The van der Waals surface area contributed by atoms with Crippen molar-refractivity contribution in [3.8, 4) is 11.1 Å². The number of hydrogen-bond donors (Lipinski definition) is 0. The molecular weight excluding hydrogens is 686 g/mol. The molecule has 6 rings (SSSR count). The fraction of sp³-hybridized carbons (Fsp3) is 0.452. The van der Waals surface area contributed by atoms with E-state index in [9.17, 15) is 14.0 Å². The summed E-state index contributed by atoms with van der Waals surface area (Å²) in [5, 5.41) is 0.573. The van der Waals surface area contributed by atoms with Crippen LogP contribution >= 0.6 is 11.8 Å². The number of carbonyl (C=O) groups is 1. The maximum absolute atomic E-state index is 14.3. The predicted molar refractivity (Wildman–Crippen MR) is 212 cm³/mol. The Morgan fingerprint density at radius 1 is 0.887 bits per heavy atom. The molecule has 0 N–H and O–H groups in total. The van der Waals surface area contributed by atoms with Crippen LogP contribution < -0.4 is 11.0 Å².